The molecule has 1 heterocycles. The Morgan fingerprint density at radius 3 is 2.76 bits per heavy atom. The summed E-state index contributed by atoms with van der Waals surface area (Å²) in [4.78, 5) is 12.9. The molecule has 154 valence electrons. The quantitative estimate of drug-likeness (QED) is 0.816. The predicted molar refractivity (Wildman–Crippen MR) is 113 cm³/mol. The van der Waals surface area contributed by atoms with Crippen molar-refractivity contribution in [1.82, 2.24) is 5.32 Å². The van der Waals surface area contributed by atoms with Gasteiger partial charge < -0.3 is 10.1 Å². The summed E-state index contributed by atoms with van der Waals surface area (Å²) in [6.45, 7) is 3.50. The number of para-hydroxylation sites is 2. The van der Waals surface area contributed by atoms with Crippen LogP contribution in [-0.4, -0.2) is 32.7 Å². The number of fused-ring (bicyclic) bond motifs is 2. The Kier molecular flexibility index (Phi) is 5.25. The normalized spacial score (nSPS) is 19.1. The molecule has 2 aliphatic rings. The highest BCUT2D eigenvalue weighted by molar-refractivity contribution is 7.92. The van der Waals surface area contributed by atoms with Crippen LogP contribution in [0, 0.1) is 0 Å². The topological polar surface area (TPSA) is 75.7 Å². The first-order valence-electron chi connectivity index (χ1n) is 10.1. The van der Waals surface area contributed by atoms with Gasteiger partial charge in [-0.25, -0.2) is 8.42 Å². The highest BCUT2D eigenvalue weighted by Gasteiger charge is 2.36. The molecule has 4 rings (SSSR count). The van der Waals surface area contributed by atoms with Crippen molar-refractivity contribution in [2.45, 2.75) is 45.3 Å². The summed E-state index contributed by atoms with van der Waals surface area (Å²) >= 11 is 0. The second-order valence-electron chi connectivity index (χ2n) is 7.62. The second-order valence-corrected chi connectivity index (χ2v) is 9.80. The molecule has 0 saturated carbocycles. The number of benzene rings is 2. The van der Waals surface area contributed by atoms with Crippen LogP contribution in [0.15, 0.2) is 42.5 Å². The predicted octanol–water partition coefficient (Wildman–Crippen LogP) is 2.97. The van der Waals surface area contributed by atoms with Crippen molar-refractivity contribution < 1.29 is 17.9 Å². The number of rotatable bonds is 5. The number of sulfonamides is 1. The smallest absolute Gasteiger partial charge is 0.263 e. The maximum Gasteiger partial charge on any atom is 0.263 e. The fraction of sp³-hybridized carbons (Fsp3) is 0.409. The minimum atomic E-state index is -3.52. The lowest BCUT2D eigenvalue weighted by Crippen LogP contribution is -2.51. The fourth-order valence-corrected chi connectivity index (χ4v) is 5.13. The zero-order valence-electron chi connectivity index (χ0n) is 16.7. The molecule has 0 radical (unpaired) electrons. The van der Waals surface area contributed by atoms with Crippen molar-refractivity contribution in [3.05, 3.63) is 59.2 Å². The van der Waals surface area contributed by atoms with E-state index in [0.717, 1.165) is 18.4 Å². The first-order chi connectivity index (χ1) is 13.9. The zero-order chi connectivity index (χ0) is 20.6. The number of hydrogen-bond donors (Lipinski definition) is 1. The molecule has 0 unspecified atom stereocenters. The summed E-state index contributed by atoms with van der Waals surface area (Å²) in [5.41, 5.74) is 4.27. The SMILES string of the molecule is CCS(=O)(=O)N1C[C@@H](C(=O)N[C@H](C)c2ccc3c(c2)CCC3)Oc2ccccc21. The van der Waals surface area contributed by atoms with Crippen molar-refractivity contribution in [3.8, 4) is 5.75 Å². The molecule has 2 atom stereocenters. The molecule has 0 aromatic heterocycles. The Labute approximate surface area is 171 Å². The number of ether oxygens (including phenoxy) is 1. The number of amides is 1. The molecule has 0 bridgehead atoms. The molecule has 1 amide bonds. The first kappa shape index (κ1) is 19.8. The molecule has 7 heteroatoms. The van der Waals surface area contributed by atoms with Gasteiger partial charge in [0.05, 0.1) is 24.0 Å². The van der Waals surface area contributed by atoms with Crippen molar-refractivity contribution in [1.29, 1.82) is 0 Å². The fourth-order valence-electron chi connectivity index (χ4n) is 4.01. The number of carbonyl (C=O) groups excluding carboxylic acids is 1. The summed E-state index contributed by atoms with van der Waals surface area (Å²) in [5, 5.41) is 2.99. The van der Waals surface area contributed by atoms with E-state index in [1.54, 1.807) is 31.2 Å². The summed E-state index contributed by atoms with van der Waals surface area (Å²) < 4.78 is 32.3. The summed E-state index contributed by atoms with van der Waals surface area (Å²) in [6.07, 6.45) is 2.48. The largest absolute Gasteiger partial charge is 0.476 e. The Morgan fingerprint density at radius 2 is 1.97 bits per heavy atom. The summed E-state index contributed by atoms with van der Waals surface area (Å²) in [7, 11) is -3.52. The lowest BCUT2D eigenvalue weighted by molar-refractivity contribution is -0.128. The molecule has 1 aliphatic heterocycles. The van der Waals surface area contributed by atoms with Gasteiger partial charge in [0.15, 0.2) is 6.10 Å². The maximum absolute atomic E-state index is 12.9. The second kappa shape index (κ2) is 7.71. The van der Waals surface area contributed by atoms with Gasteiger partial charge in [0.25, 0.3) is 5.91 Å². The van der Waals surface area contributed by atoms with Crippen LogP contribution >= 0.6 is 0 Å². The number of nitrogens with one attached hydrogen (secondary N) is 1. The first-order valence-corrected chi connectivity index (χ1v) is 11.7. The van der Waals surface area contributed by atoms with Gasteiger partial charge in [-0.05, 0) is 61.9 Å². The number of aryl methyl sites for hydroxylation is 2. The molecule has 6 nitrogen and oxygen atoms in total. The number of nitrogens with zero attached hydrogens (tertiary/aromatic N) is 1. The van der Waals surface area contributed by atoms with Crippen molar-refractivity contribution in [3.63, 3.8) is 0 Å². The molecular weight excluding hydrogens is 388 g/mol. The third-order valence-corrected chi connectivity index (χ3v) is 7.46. The molecule has 0 saturated heterocycles. The van der Waals surface area contributed by atoms with Crippen molar-refractivity contribution in [2.24, 2.45) is 0 Å². The van der Waals surface area contributed by atoms with Gasteiger partial charge in [0, 0.05) is 0 Å². The van der Waals surface area contributed by atoms with Crippen LogP contribution in [0.4, 0.5) is 5.69 Å². The molecule has 2 aromatic carbocycles. The average Bonchev–Trinajstić information content (AvgIpc) is 3.20. The van der Waals surface area contributed by atoms with E-state index in [2.05, 4.69) is 23.5 Å². The summed E-state index contributed by atoms with van der Waals surface area (Å²) in [5.74, 6) is 0.0474. The van der Waals surface area contributed by atoms with E-state index >= 15 is 0 Å². The summed E-state index contributed by atoms with van der Waals surface area (Å²) in [6, 6.07) is 13.1. The van der Waals surface area contributed by atoms with E-state index in [1.165, 1.54) is 21.9 Å². The Balaban J connectivity index is 1.53. The van der Waals surface area contributed by atoms with Crippen LogP contribution in [0.2, 0.25) is 0 Å². The third kappa shape index (κ3) is 3.83. The van der Waals surface area contributed by atoms with Crippen LogP contribution < -0.4 is 14.4 Å². The van der Waals surface area contributed by atoms with Gasteiger partial charge in [0.1, 0.15) is 5.75 Å². The van der Waals surface area contributed by atoms with Gasteiger partial charge in [0.2, 0.25) is 10.0 Å². The van der Waals surface area contributed by atoms with Gasteiger partial charge in [-0.3, -0.25) is 9.10 Å². The van der Waals surface area contributed by atoms with Crippen molar-refractivity contribution in [2.75, 3.05) is 16.6 Å². The van der Waals surface area contributed by atoms with Crippen LogP contribution in [0.5, 0.6) is 5.75 Å². The Hall–Kier alpha value is -2.54. The van der Waals surface area contributed by atoms with Gasteiger partial charge in [-0.15, -0.1) is 0 Å². The monoisotopic (exact) mass is 414 g/mol. The maximum atomic E-state index is 12.9. The Bertz CT molecular complexity index is 1030. The molecule has 29 heavy (non-hydrogen) atoms. The molecule has 1 N–H and O–H groups in total. The highest BCUT2D eigenvalue weighted by Crippen LogP contribution is 2.35. The van der Waals surface area contributed by atoms with Gasteiger partial charge in [-0.2, -0.15) is 0 Å². The molecular formula is C22H26N2O4S. The van der Waals surface area contributed by atoms with E-state index < -0.39 is 16.1 Å². The third-order valence-electron chi connectivity index (χ3n) is 5.71. The Morgan fingerprint density at radius 1 is 1.21 bits per heavy atom. The number of anilines is 1. The van der Waals surface area contributed by atoms with Crippen LogP contribution in [0.3, 0.4) is 0 Å². The minimum absolute atomic E-state index is 0.0318. The molecule has 1 aliphatic carbocycles. The number of hydrogen-bond acceptors (Lipinski definition) is 4. The number of carbonyl (C=O) groups is 1. The van der Waals surface area contributed by atoms with Gasteiger partial charge in [-0.1, -0.05) is 30.3 Å². The highest BCUT2D eigenvalue weighted by atomic mass is 32.2. The van der Waals surface area contributed by atoms with E-state index in [1.807, 2.05) is 6.92 Å². The standard InChI is InChI=1S/C22H26N2O4S/c1-3-29(26,27)24-14-21(28-20-10-5-4-9-19(20)24)22(25)23-15(2)17-12-11-16-7-6-8-18(16)13-17/h4-5,9-13,15,21H,3,6-8,14H2,1-2H3,(H,23,25)/t15-,21+/m1/s1. The van der Waals surface area contributed by atoms with Crippen molar-refractivity contribution >= 4 is 21.6 Å². The van der Waals surface area contributed by atoms with E-state index in [4.69, 9.17) is 4.74 Å². The average molecular weight is 415 g/mol. The van der Waals surface area contributed by atoms with E-state index in [-0.39, 0.29) is 24.2 Å². The van der Waals surface area contributed by atoms with Crippen LogP contribution in [-0.2, 0) is 27.7 Å². The van der Waals surface area contributed by atoms with Crippen LogP contribution in [0.1, 0.15) is 43.0 Å². The molecule has 0 fully saturated rings. The molecule has 2 aromatic rings. The van der Waals surface area contributed by atoms with Crippen LogP contribution in [0.25, 0.3) is 0 Å². The van der Waals surface area contributed by atoms with E-state index in [0.29, 0.717) is 11.4 Å². The zero-order valence-corrected chi connectivity index (χ0v) is 17.5. The van der Waals surface area contributed by atoms with E-state index in [9.17, 15) is 13.2 Å². The van der Waals surface area contributed by atoms with Gasteiger partial charge >= 0.3 is 0 Å². The molecule has 0 spiro atoms. The lowest BCUT2D eigenvalue weighted by atomic mass is 10.0. The lowest BCUT2D eigenvalue weighted by Gasteiger charge is -2.35. The minimum Gasteiger partial charge on any atom is -0.476 e.